The number of carbonyl (C=O) groups is 1. The largest absolute Gasteiger partial charge is 0.361 e. The molecule has 3 aromatic heterocycles. The van der Waals surface area contributed by atoms with Crippen LogP contribution in [0.5, 0.6) is 0 Å². The average Bonchev–Trinajstić information content (AvgIpc) is 3.42. The number of carbonyl (C=O) groups excluding carboxylic acids is 1. The summed E-state index contributed by atoms with van der Waals surface area (Å²) in [4.78, 5) is 33.3. The van der Waals surface area contributed by atoms with Crippen LogP contribution in [0.2, 0.25) is 0 Å². The fourth-order valence-electron chi connectivity index (χ4n) is 4.32. The first-order valence-electron chi connectivity index (χ1n) is 11.4. The first-order valence-corrected chi connectivity index (χ1v) is 11.4. The van der Waals surface area contributed by atoms with E-state index in [-0.39, 0.29) is 24.3 Å². The summed E-state index contributed by atoms with van der Waals surface area (Å²) in [6.45, 7) is 2.41. The molecule has 5 rings (SSSR count). The summed E-state index contributed by atoms with van der Waals surface area (Å²) in [5, 5.41) is 8.73. The van der Waals surface area contributed by atoms with E-state index in [1.807, 2.05) is 61.7 Å². The van der Waals surface area contributed by atoms with Crippen LogP contribution in [0, 0.1) is 6.92 Å². The van der Waals surface area contributed by atoms with Crippen molar-refractivity contribution >= 4 is 28.0 Å². The van der Waals surface area contributed by atoms with Gasteiger partial charge < -0.3 is 10.3 Å². The molecule has 3 heterocycles. The van der Waals surface area contributed by atoms with E-state index >= 15 is 0 Å². The van der Waals surface area contributed by atoms with Crippen LogP contribution in [-0.4, -0.2) is 36.8 Å². The van der Waals surface area contributed by atoms with Gasteiger partial charge in [-0.25, -0.2) is 9.67 Å². The Morgan fingerprint density at radius 2 is 1.82 bits per heavy atom. The maximum Gasteiger partial charge on any atom is 0.273 e. The lowest BCUT2D eigenvalue weighted by atomic mass is 10.1. The maximum absolute atomic E-state index is 13.0. The number of fused-ring (bicyclic) bond motifs is 2. The zero-order valence-electron chi connectivity index (χ0n) is 19.2. The van der Waals surface area contributed by atoms with Crippen LogP contribution in [0.1, 0.15) is 23.4 Å². The molecule has 0 bridgehead atoms. The molecular weight excluding hydrogens is 428 g/mol. The molecule has 0 saturated heterocycles. The first kappa shape index (κ1) is 21.6. The summed E-state index contributed by atoms with van der Waals surface area (Å²) in [6, 6.07) is 17.8. The fourth-order valence-corrected chi connectivity index (χ4v) is 4.32. The van der Waals surface area contributed by atoms with Crippen molar-refractivity contribution in [1.82, 2.24) is 29.6 Å². The van der Waals surface area contributed by atoms with Gasteiger partial charge in [0.05, 0.1) is 11.4 Å². The number of H-pyrrole nitrogens is 1. The third-order valence-electron chi connectivity index (χ3n) is 6.10. The van der Waals surface area contributed by atoms with E-state index in [1.54, 1.807) is 16.3 Å². The molecule has 0 saturated carbocycles. The Balaban J connectivity index is 1.27. The van der Waals surface area contributed by atoms with E-state index in [2.05, 4.69) is 26.4 Å². The van der Waals surface area contributed by atoms with Crippen LogP contribution in [0.4, 0.5) is 0 Å². The SMILES string of the molecule is Cc1nn(-c2ccccc2)c2c1nc(CCC(=O)NCCc1c[nH]c3ccccc13)c(=O)n2C. The maximum atomic E-state index is 13.0. The lowest BCUT2D eigenvalue weighted by Gasteiger charge is -2.09. The van der Waals surface area contributed by atoms with Crippen molar-refractivity contribution in [1.29, 1.82) is 0 Å². The van der Waals surface area contributed by atoms with Crippen molar-refractivity contribution < 1.29 is 4.79 Å². The summed E-state index contributed by atoms with van der Waals surface area (Å²) >= 11 is 0. The number of hydrogen-bond donors (Lipinski definition) is 2. The number of hydrogen-bond acceptors (Lipinski definition) is 4. The predicted octanol–water partition coefficient (Wildman–Crippen LogP) is 3.20. The third-order valence-corrected chi connectivity index (χ3v) is 6.10. The molecule has 0 aliphatic heterocycles. The van der Waals surface area contributed by atoms with E-state index in [9.17, 15) is 9.59 Å². The molecule has 0 aliphatic carbocycles. The molecule has 0 radical (unpaired) electrons. The minimum atomic E-state index is -0.212. The molecule has 2 N–H and O–H groups in total. The minimum absolute atomic E-state index is 0.0968. The Bertz CT molecular complexity index is 1540. The smallest absolute Gasteiger partial charge is 0.273 e. The lowest BCUT2D eigenvalue weighted by Crippen LogP contribution is -2.28. The minimum Gasteiger partial charge on any atom is -0.361 e. The van der Waals surface area contributed by atoms with Crippen LogP contribution in [-0.2, 0) is 24.7 Å². The normalized spacial score (nSPS) is 11.4. The second kappa shape index (κ2) is 8.97. The second-order valence-electron chi connectivity index (χ2n) is 8.39. The molecule has 1 amide bonds. The second-order valence-corrected chi connectivity index (χ2v) is 8.39. The van der Waals surface area contributed by atoms with Gasteiger partial charge in [-0.15, -0.1) is 0 Å². The van der Waals surface area contributed by atoms with Crippen LogP contribution < -0.4 is 10.9 Å². The van der Waals surface area contributed by atoms with E-state index in [0.717, 1.165) is 23.3 Å². The molecule has 8 nitrogen and oxygen atoms in total. The molecule has 0 atom stereocenters. The van der Waals surface area contributed by atoms with Gasteiger partial charge in [0.25, 0.3) is 5.56 Å². The summed E-state index contributed by atoms with van der Waals surface area (Å²) in [7, 11) is 1.72. The van der Waals surface area contributed by atoms with Crippen LogP contribution in [0.15, 0.2) is 65.6 Å². The van der Waals surface area contributed by atoms with Gasteiger partial charge in [-0.3, -0.25) is 14.2 Å². The summed E-state index contributed by atoms with van der Waals surface area (Å²) in [5.41, 5.74) is 5.32. The molecule has 8 heteroatoms. The van der Waals surface area contributed by atoms with Gasteiger partial charge in [-0.1, -0.05) is 36.4 Å². The lowest BCUT2D eigenvalue weighted by molar-refractivity contribution is -0.121. The van der Waals surface area contributed by atoms with Crippen LogP contribution >= 0.6 is 0 Å². The van der Waals surface area contributed by atoms with Gasteiger partial charge in [0.2, 0.25) is 5.91 Å². The summed E-state index contributed by atoms with van der Waals surface area (Å²) in [5.74, 6) is -0.0968. The number of para-hydroxylation sites is 2. The van der Waals surface area contributed by atoms with Crippen molar-refractivity contribution in [2.45, 2.75) is 26.2 Å². The van der Waals surface area contributed by atoms with Gasteiger partial charge in [0.15, 0.2) is 5.65 Å². The molecule has 0 aliphatic rings. The molecule has 0 spiro atoms. The van der Waals surface area contributed by atoms with Gasteiger partial charge >= 0.3 is 0 Å². The molecule has 2 aromatic carbocycles. The zero-order chi connectivity index (χ0) is 23.7. The van der Waals surface area contributed by atoms with Gasteiger partial charge in [-0.2, -0.15) is 5.10 Å². The highest BCUT2D eigenvalue weighted by atomic mass is 16.1. The Morgan fingerprint density at radius 3 is 2.65 bits per heavy atom. The third kappa shape index (κ3) is 3.98. The Morgan fingerprint density at radius 1 is 1.06 bits per heavy atom. The summed E-state index contributed by atoms with van der Waals surface area (Å²) in [6.07, 6.45) is 3.20. The van der Waals surface area contributed by atoms with Crippen LogP contribution in [0.25, 0.3) is 27.8 Å². The number of nitrogens with zero attached hydrogens (tertiary/aromatic N) is 4. The highest BCUT2D eigenvalue weighted by Crippen LogP contribution is 2.19. The number of amides is 1. The molecule has 5 aromatic rings. The fraction of sp³-hybridized carbons (Fsp3) is 0.231. The molecule has 0 unspecified atom stereocenters. The van der Waals surface area contributed by atoms with Crippen LogP contribution in [0.3, 0.4) is 0 Å². The number of rotatable bonds is 7. The van der Waals surface area contributed by atoms with Crippen molar-refractivity contribution in [3.63, 3.8) is 0 Å². The Labute approximate surface area is 196 Å². The molecule has 172 valence electrons. The zero-order valence-corrected chi connectivity index (χ0v) is 19.2. The summed E-state index contributed by atoms with van der Waals surface area (Å²) < 4.78 is 3.31. The van der Waals surface area contributed by atoms with E-state index in [1.165, 1.54) is 10.9 Å². The predicted molar refractivity (Wildman–Crippen MR) is 132 cm³/mol. The van der Waals surface area contributed by atoms with Crippen molar-refractivity contribution in [2.75, 3.05) is 6.54 Å². The van der Waals surface area contributed by atoms with E-state index < -0.39 is 0 Å². The average molecular weight is 455 g/mol. The highest BCUT2D eigenvalue weighted by molar-refractivity contribution is 5.83. The van der Waals surface area contributed by atoms with E-state index in [0.29, 0.717) is 23.4 Å². The molecule has 34 heavy (non-hydrogen) atoms. The first-order chi connectivity index (χ1) is 16.5. The van der Waals surface area contributed by atoms with Crippen molar-refractivity contribution in [3.8, 4) is 5.69 Å². The monoisotopic (exact) mass is 454 g/mol. The van der Waals surface area contributed by atoms with Crippen molar-refractivity contribution in [2.24, 2.45) is 7.05 Å². The number of benzene rings is 2. The highest BCUT2D eigenvalue weighted by Gasteiger charge is 2.18. The van der Waals surface area contributed by atoms with Gasteiger partial charge in [0, 0.05) is 43.5 Å². The Kier molecular flexibility index (Phi) is 5.71. The number of aromatic amines is 1. The topological polar surface area (TPSA) is 97.6 Å². The molecular formula is C26H26N6O2. The van der Waals surface area contributed by atoms with Gasteiger partial charge in [-0.05, 0) is 37.1 Å². The number of aromatic nitrogens is 5. The van der Waals surface area contributed by atoms with E-state index in [4.69, 9.17) is 0 Å². The standard InChI is InChI=1S/C26H26N6O2/c1-17-24-25(32(30-17)19-8-4-3-5-9-19)31(2)26(34)22(29-24)12-13-23(33)27-15-14-18-16-28-21-11-7-6-10-20(18)21/h3-11,16,28H,12-15H2,1-2H3,(H,27,33). The quantitative estimate of drug-likeness (QED) is 0.395. The van der Waals surface area contributed by atoms with Gasteiger partial charge in [0.1, 0.15) is 11.2 Å². The molecule has 0 fully saturated rings. The Hall–Kier alpha value is -4.20. The van der Waals surface area contributed by atoms with Crippen molar-refractivity contribution in [3.05, 3.63) is 88.1 Å². The number of nitrogens with one attached hydrogen (secondary N) is 2. The number of aryl methyl sites for hydroxylation is 3.